The number of alkyl carbamates (subject to hydrolysis) is 1. The Labute approximate surface area is 322 Å². The molecule has 2 aliphatic heterocycles. The van der Waals surface area contributed by atoms with Crippen molar-refractivity contribution in [2.24, 2.45) is 0 Å². The highest BCUT2D eigenvalue weighted by Crippen LogP contribution is 2.42. The molecule has 288 valence electrons. The normalized spacial score (nSPS) is 18.2. The lowest BCUT2D eigenvalue weighted by atomic mass is 9.81. The van der Waals surface area contributed by atoms with Crippen molar-refractivity contribution in [3.63, 3.8) is 0 Å². The number of nitrogens with one attached hydrogen (secondary N) is 3. The Kier molecular flexibility index (Phi) is 9.38. The molecule has 1 saturated heterocycles. The van der Waals surface area contributed by atoms with Gasteiger partial charge in [0.25, 0.3) is 0 Å². The summed E-state index contributed by atoms with van der Waals surface area (Å²) in [6.07, 6.45) is 6.49. The number of amides is 2. The number of nitrogens with zero attached hydrogens (tertiary/aromatic N) is 3. The van der Waals surface area contributed by atoms with Gasteiger partial charge in [-0.3, -0.25) is 4.90 Å². The maximum absolute atomic E-state index is 13.0. The minimum atomic E-state index is -0.599. The fourth-order valence-corrected chi connectivity index (χ4v) is 8.21. The predicted molar refractivity (Wildman–Crippen MR) is 213 cm³/mol. The SMILES string of the molecule is CC(C)(C)OC(=O)NC1(c2nc3c([nH]2)-c2ccc(-c4ccc(-c5ccc6nc([C@@H]7CCCN7C(=O)OC(C)(C)C)[nH]c6c5)cc4)cc2OCC3)CCCCC1. The Morgan fingerprint density at radius 2 is 1.49 bits per heavy atom. The van der Waals surface area contributed by atoms with Gasteiger partial charge >= 0.3 is 12.2 Å². The van der Waals surface area contributed by atoms with E-state index >= 15 is 0 Å². The first-order valence-corrected chi connectivity index (χ1v) is 19.7. The number of imidazole rings is 2. The summed E-state index contributed by atoms with van der Waals surface area (Å²) in [5.74, 6) is 2.39. The Balaban J connectivity index is 1.01. The van der Waals surface area contributed by atoms with E-state index in [1.165, 1.54) is 0 Å². The zero-order valence-electron chi connectivity index (χ0n) is 32.8. The van der Waals surface area contributed by atoms with Crippen molar-refractivity contribution in [3.05, 3.63) is 78.0 Å². The summed E-state index contributed by atoms with van der Waals surface area (Å²) < 4.78 is 17.7. The van der Waals surface area contributed by atoms with Crippen molar-refractivity contribution in [2.45, 2.75) is 116 Å². The van der Waals surface area contributed by atoms with Crippen molar-refractivity contribution in [2.75, 3.05) is 13.2 Å². The Bertz CT molecular complexity index is 2220. The summed E-state index contributed by atoms with van der Waals surface area (Å²) in [7, 11) is 0. The molecule has 1 saturated carbocycles. The minimum absolute atomic E-state index is 0.133. The fourth-order valence-electron chi connectivity index (χ4n) is 8.21. The summed E-state index contributed by atoms with van der Waals surface area (Å²) in [6, 6.07) is 21.0. The van der Waals surface area contributed by atoms with Crippen molar-refractivity contribution in [1.29, 1.82) is 0 Å². The van der Waals surface area contributed by atoms with Crippen molar-refractivity contribution in [1.82, 2.24) is 30.2 Å². The fraction of sp³-hybridized carbons (Fsp3) is 0.455. The van der Waals surface area contributed by atoms with E-state index in [1.807, 2.05) is 47.6 Å². The zero-order chi connectivity index (χ0) is 38.5. The first-order valence-electron chi connectivity index (χ1n) is 19.7. The molecule has 3 N–H and O–H groups in total. The molecule has 11 heteroatoms. The number of aromatic amines is 2. The van der Waals surface area contributed by atoms with E-state index in [4.69, 9.17) is 24.2 Å². The van der Waals surface area contributed by atoms with Crippen LogP contribution in [0, 0.1) is 0 Å². The lowest BCUT2D eigenvalue weighted by Crippen LogP contribution is -2.49. The van der Waals surface area contributed by atoms with Gasteiger partial charge < -0.3 is 29.5 Å². The third kappa shape index (κ3) is 7.66. The first-order chi connectivity index (χ1) is 26.2. The monoisotopic (exact) mass is 744 g/mol. The van der Waals surface area contributed by atoms with Gasteiger partial charge in [-0.15, -0.1) is 0 Å². The van der Waals surface area contributed by atoms with E-state index in [0.29, 0.717) is 19.6 Å². The van der Waals surface area contributed by atoms with E-state index in [1.54, 1.807) is 4.90 Å². The average Bonchev–Trinajstić information content (AvgIpc) is 3.87. The second-order valence-corrected chi connectivity index (χ2v) is 17.2. The highest BCUT2D eigenvalue weighted by Gasteiger charge is 2.41. The second-order valence-electron chi connectivity index (χ2n) is 17.2. The number of hydrogen-bond donors (Lipinski definition) is 3. The van der Waals surface area contributed by atoms with Crippen LogP contribution in [0.1, 0.15) is 110 Å². The molecule has 11 nitrogen and oxygen atoms in total. The molecule has 0 bridgehead atoms. The number of ether oxygens (including phenoxy) is 3. The largest absolute Gasteiger partial charge is 0.492 e. The molecule has 55 heavy (non-hydrogen) atoms. The standard InChI is InChI=1S/C44H52N6O5/c1-42(2,3)54-40(51)49-44(21-8-7-9-22-44)39-47-33-20-24-53-36-26-30(16-18-31(36)37(33)48-39)28-14-12-27(13-15-28)29-17-19-32-34(25-29)46-38(45-32)35-11-10-23-50(35)41(52)55-43(4,5)6/h12-19,25-26,35H,7-11,20-24H2,1-6H3,(H,45,46)(H,47,48)(H,49,51)/t35-/m0/s1. The van der Waals surface area contributed by atoms with Crippen molar-refractivity contribution >= 4 is 23.2 Å². The summed E-state index contributed by atoms with van der Waals surface area (Å²) >= 11 is 0. The molecule has 2 amide bonds. The Hall–Kier alpha value is -5.32. The minimum Gasteiger partial charge on any atom is -0.492 e. The van der Waals surface area contributed by atoms with Crippen LogP contribution in [0.25, 0.3) is 44.5 Å². The third-order valence-electron chi connectivity index (χ3n) is 10.8. The zero-order valence-corrected chi connectivity index (χ0v) is 32.8. The van der Waals surface area contributed by atoms with Gasteiger partial charge in [-0.2, -0.15) is 0 Å². The molecule has 4 heterocycles. The quantitative estimate of drug-likeness (QED) is 0.163. The first kappa shape index (κ1) is 36.6. The number of fused-ring (bicyclic) bond motifs is 4. The number of benzene rings is 3. The van der Waals surface area contributed by atoms with Crippen LogP contribution in [0.4, 0.5) is 9.59 Å². The van der Waals surface area contributed by atoms with Gasteiger partial charge in [0.1, 0.15) is 34.1 Å². The average molecular weight is 745 g/mol. The van der Waals surface area contributed by atoms with Crippen molar-refractivity contribution in [3.8, 4) is 39.3 Å². The van der Waals surface area contributed by atoms with E-state index < -0.39 is 22.8 Å². The molecule has 8 rings (SSSR count). The number of rotatable bonds is 5. The smallest absolute Gasteiger partial charge is 0.410 e. The maximum atomic E-state index is 13.0. The van der Waals surface area contributed by atoms with Gasteiger partial charge in [0, 0.05) is 18.5 Å². The molecule has 1 atom stereocenters. The summed E-state index contributed by atoms with van der Waals surface area (Å²) in [4.78, 5) is 44.9. The van der Waals surface area contributed by atoms with E-state index in [0.717, 1.165) is 113 Å². The number of carbonyl (C=O) groups is 2. The summed E-state index contributed by atoms with van der Waals surface area (Å²) in [6.45, 7) is 12.5. The summed E-state index contributed by atoms with van der Waals surface area (Å²) in [5.41, 5.74) is 7.26. The van der Waals surface area contributed by atoms with Crippen LogP contribution >= 0.6 is 0 Å². The maximum Gasteiger partial charge on any atom is 0.410 e. The third-order valence-corrected chi connectivity index (χ3v) is 10.8. The highest BCUT2D eigenvalue weighted by atomic mass is 16.6. The molecule has 3 aliphatic rings. The molecule has 3 aromatic carbocycles. The second kappa shape index (κ2) is 14.1. The lowest BCUT2D eigenvalue weighted by Gasteiger charge is -2.37. The van der Waals surface area contributed by atoms with E-state index in [-0.39, 0.29) is 12.1 Å². The highest BCUT2D eigenvalue weighted by molar-refractivity contribution is 5.83. The number of carbonyl (C=O) groups excluding carboxylic acids is 2. The van der Waals surface area contributed by atoms with Gasteiger partial charge in [-0.1, -0.05) is 55.7 Å². The van der Waals surface area contributed by atoms with Crippen LogP contribution < -0.4 is 10.1 Å². The van der Waals surface area contributed by atoms with Crippen LogP contribution in [-0.2, 0) is 21.4 Å². The van der Waals surface area contributed by atoms with Crippen LogP contribution in [0.15, 0.2) is 60.7 Å². The van der Waals surface area contributed by atoms with Crippen LogP contribution in [-0.4, -0.2) is 61.4 Å². The Morgan fingerprint density at radius 1 is 0.818 bits per heavy atom. The molecule has 1 aliphatic carbocycles. The number of hydrogen-bond acceptors (Lipinski definition) is 7. The predicted octanol–water partition coefficient (Wildman–Crippen LogP) is 9.98. The lowest BCUT2D eigenvalue weighted by molar-refractivity contribution is 0.0218. The number of H-pyrrole nitrogens is 2. The molecular formula is C44H52N6O5. The molecule has 2 fully saturated rings. The Morgan fingerprint density at radius 3 is 2.20 bits per heavy atom. The van der Waals surface area contributed by atoms with Gasteiger partial charge in [-0.05, 0) is 114 Å². The van der Waals surface area contributed by atoms with E-state index in [2.05, 4.69) is 69.9 Å². The topological polar surface area (TPSA) is 134 Å². The van der Waals surface area contributed by atoms with Gasteiger partial charge in [0.15, 0.2) is 0 Å². The van der Waals surface area contributed by atoms with Crippen molar-refractivity contribution < 1.29 is 23.8 Å². The van der Waals surface area contributed by atoms with Crippen LogP contribution in [0.3, 0.4) is 0 Å². The van der Waals surface area contributed by atoms with E-state index in [9.17, 15) is 9.59 Å². The number of aromatic nitrogens is 4. The molecule has 0 unspecified atom stereocenters. The van der Waals surface area contributed by atoms with Gasteiger partial charge in [-0.25, -0.2) is 19.6 Å². The van der Waals surface area contributed by atoms with Crippen LogP contribution in [0.5, 0.6) is 5.75 Å². The molecular weight excluding hydrogens is 693 g/mol. The van der Waals surface area contributed by atoms with Gasteiger partial charge in [0.05, 0.1) is 35.1 Å². The number of likely N-dealkylation sites (tertiary alicyclic amines) is 1. The molecule has 5 aromatic rings. The summed E-state index contributed by atoms with van der Waals surface area (Å²) in [5, 5.41) is 3.23. The molecule has 2 aromatic heterocycles. The van der Waals surface area contributed by atoms with Gasteiger partial charge in [0.2, 0.25) is 0 Å². The molecule has 0 spiro atoms. The van der Waals surface area contributed by atoms with Crippen LogP contribution in [0.2, 0.25) is 0 Å². The molecule has 0 radical (unpaired) electrons.